The molecule has 4 aromatic carbocycles. The number of nitrogens with zero attached hydrogens (tertiary/aromatic N) is 2. The summed E-state index contributed by atoms with van der Waals surface area (Å²) in [4.78, 5) is 33.8. The van der Waals surface area contributed by atoms with Crippen molar-refractivity contribution in [1.29, 1.82) is 0 Å². The molecule has 7 rings (SSSR count). The van der Waals surface area contributed by atoms with Crippen LogP contribution in [-0.4, -0.2) is 29.9 Å². The van der Waals surface area contributed by atoms with Crippen LogP contribution in [0, 0.1) is 12.7 Å². The van der Waals surface area contributed by atoms with Gasteiger partial charge in [-0.2, -0.15) is 0 Å². The van der Waals surface area contributed by atoms with E-state index >= 15 is 0 Å². The molecule has 1 aliphatic carbocycles. The molecule has 1 saturated carbocycles. The number of hydrogen-bond donors (Lipinski definition) is 1. The SMILES string of the molecule is CNC(=O)c1c(-c2ccc(F)cc2)oc2ccc(-c3cc(C(=O)N(c4ccccn4)C4CC4)cc(OCc4ccccc4)c3C)cc12. The van der Waals surface area contributed by atoms with Gasteiger partial charge in [-0.15, -0.1) is 0 Å². The lowest BCUT2D eigenvalue weighted by Crippen LogP contribution is -2.33. The second-order valence-electron chi connectivity index (χ2n) is 11.6. The number of furan rings is 1. The lowest BCUT2D eigenvalue weighted by atomic mass is 9.94. The van der Waals surface area contributed by atoms with Crippen LogP contribution in [0.25, 0.3) is 33.4 Å². The molecule has 0 radical (unpaired) electrons. The van der Waals surface area contributed by atoms with E-state index in [1.54, 1.807) is 36.3 Å². The minimum absolute atomic E-state index is 0.0816. The highest BCUT2D eigenvalue weighted by Gasteiger charge is 2.35. The lowest BCUT2D eigenvalue weighted by Gasteiger charge is -2.23. The van der Waals surface area contributed by atoms with Gasteiger partial charge in [-0.3, -0.25) is 14.5 Å². The summed E-state index contributed by atoms with van der Waals surface area (Å²) in [6.45, 7) is 2.29. The smallest absolute Gasteiger partial charge is 0.259 e. The van der Waals surface area contributed by atoms with Crippen molar-refractivity contribution < 1.29 is 23.1 Å². The van der Waals surface area contributed by atoms with Gasteiger partial charge in [0.1, 0.15) is 35.3 Å². The van der Waals surface area contributed by atoms with E-state index in [4.69, 9.17) is 9.15 Å². The molecular weight excluding hydrogens is 593 g/mol. The van der Waals surface area contributed by atoms with Crippen molar-refractivity contribution in [2.75, 3.05) is 11.9 Å². The van der Waals surface area contributed by atoms with E-state index in [0.717, 1.165) is 35.1 Å². The number of carbonyl (C=O) groups is 2. The van der Waals surface area contributed by atoms with Crippen LogP contribution in [0.4, 0.5) is 10.2 Å². The highest BCUT2D eigenvalue weighted by Crippen LogP contribution is 2.40. The van der Waals surface area contributed by atoms with Crippen LogP contribution in [0.2, 0.25) is 0 Å². The monoisotopic (exact) mass is 625 g/mol. The molecule has 2 amide bonds. The number of nitrogens with one attached hydrogen (secondary N) is 1. The van der Waals surface area contributed by atoms with Gasteiger partial charge >= 0.3 is 0 Å². The Labute approximate surface area is 271 Å². The summed E-state index contributed by atoms with van der Waals surface area (Å²) in [5.41, 5.74) is 5.31. The summed E-state index contributed by atoms with van der Waals surface area (Å²) in [5, 5.41) is 3.31. The Morgan fingerprint density at radius 2 is 1.68 bits per heavy atom. The first kappa shape index (κ1) is 29.9. The predicted octanol–water partition coefficient (Wildman–Crippen LogP) is 8.36. The second-order valence-corrected chi connectivity index (χ2v) is 11.6. The molecule has 0 saturated heterocycles. The van der Waals surface area contributed by atoms with Crippen molar-refractivity contribution >= 4 is 28.6 Å². The molecule has 0 atom stereocenters. The van der Waals surface area contributed by atoms with Gasteiger partial charge < -0.3 is 14.5 Å². The number of fused-ring (bicyclic) bond motifs is 1. The Hall–Kier alpha value is -5.76. The third kappa shape index (κ3) is 5.97. The van der Waals surface area contributed by atoms with Gasteiger partial charge in [-0.1, -0.05) is 42.5 Å². The third-order valence-electron chi connectivity index (χ3n) is 8.43. The Bertz CT molecular complexity index is 2090. The minimum Gasteiger partial charge on any atom is -0.489 e. The second kappa shape index (κ2) is 12.6. The zero-order valence-electron chi connectivity index (χ0n) is 26.0. The number of ether oxygens (including phenoxy) is 1. The number of carbonyl (C=O) groups excluding carboxylic acids is 2. The van der Waals surface area contributed by atoms with Gasteiger partial charge in [-0.05, 0) is 103 Å². The quantitative estimate of drug-likeness (QED) is 0.175. The molecule has 1 aliphatic rings. The standard InChI is InChI=1S/C39H32FN3O4/c1-24-31(27-13-18-33-32(20-27)36(38(44)41-2)37(47-33)26-11-14-29(40)15-12-26)21-28(22-34(24)46-23-25-8-4-3-5-9-25)39(45)43(30-16-17-30)35-10-6-7-19-42-35/h3-15,18-22,30H,16-17,23H2,1-2H3,(H,41,44). The summed E-state index contributed by atoms with van der Waals surface area (Å²) in [5.74, 6) is 0.662. The van der Waals surface area contributed by atoms with E-state index in [2.05, 4.69) is 10.3 Å². The Kier molecular flexibility index (Phi) is 8.00. The Morgan fingerprint density at radius 3 is 2.38 bits per heavy atom. The molecule has 0 aliphatic heterocycles. The minimum atomic E-state index is -0.382. The van der Waals surface area contributed by atoms with Gasteiger partial charge in [-0.25, -0.2) is 9.37 Å². The van der Waals surface area contributed by atoms with Crippen LogP contribution in [-0.2, 0) is 6.61 Å². The molecule has 0 spiro atoms. The number of rotatable bonds is 9. The highest BCUT2D eigenvalue weighted by molar-refractivity contribution is 6.12. The Morgan fingerprint density at radius 1 is 0.936 bits per heavy atom. The normalized spacial score (nSPS) is 12.6. The molecule has 1 fully saturated rings. The van der Waals surface area contributed by atoms with Crippen LogP contribution in [0.5, 0.6) is 5.75 Å². The molecule has 2 aromatic heterocycles. The largest absolute Gasteiger partial charge is 0.489 e. The molecule has 1 N–H and O–H groups in total. The molecule has 47 heavy (non-hydrogen) atoms. The number of amides is 2. The third-order valence-corrected chi connectivity index (χ3v) is 8.43. The van der Waals surface area contributed by atoms with Crippen molar-refractivity contribution in [3.05, 3.63) is 137 Å². The fourth-order valence-corrected chi connectivity index (χ4v) is 5.84. The fraction of sp³-hybridized carbons (Fsp3) is 0.154. The van der Waals surface area contributed by atoms with Gasteiger partial charge in [0, 0.05) is 35.8 Å². The average Bonchev–Trinajstić information content (AvgIpc) is 3.87. The summed E-state index contributed by atoms with van der Waals surface area (Å²) in [6.07, 6.45) is 3.51. The van der Waals surface area contributed by atoms with E-state index < -0.39 is 0 Å². The maximum atomic E-state index is 14.3. The zero-order valence-corrected chi connectivity index (χ0v) is 26.0. The molecule has 0 bridgehead atoms. The zero-order chi connectivity index (χ0) is 32.5. The number of benzene rings is 4. The van der Waals surface area contributed by atoms with Crippen LogP contribution in [0.15, 0.2) is 114 Å². The summed E-state index contributed by atoms with van der Waals surface area (Å²) in [6, 6.07) is 30.6. The number of pyridine rings is 1. The summed E-state index contributed by atoms with van der Waals surface area (Å²) >= 11 is 0. The van der Waals surface area contributed by atoms with Crippen molar-refractivity contribution in [3.63, 3.8) is 0 Å². The molecule has 0 unspecified atom stereocenters. The first-order valence-corrected chi connectivity index (χ1v) is 15.5. The van der Waals surface area contributed by atoms with Crippen LogP contribution in [0.1, 0.15) is 44.7 Å². The lowest BCUT2D eigenvalue weighted by molar-refractivity contribution is 0.0961. The molecular formula is C39H32FN3O4. The van der Waals surface area contributed by atoms with E-state index in [-0.39, 0.29) is 23.7 Å². The summed E-state index contributed by atoms with van der Waals surface area (Å²) < 4.78 is 26.3. The first-order valence-electron chi connectivity index (χ1n) is 15.5. The predicted molar refractivity (Wildman–Crippen MR) is 180 cm³/mol. The molecule has 8 heteroatoms. The fourth-order valence-electron chi connectivity index (χ4n) is 5.84. The van der Waals surface area contributed by atoms with E-state index in [0.29, 0.717) is 51.6 Å². The van der Waals surface area contributed by atoms with Crippen molar-refractivity contribution in [3.8, 4) is 28.2 Å². The van der Waals surface area contributed by atoms with Crippen molar-refractivity contribution in [1.82, 2.24) is 10.3 Å². The van der Waals surface area contributed by atoms with Gasteiger partial charge in [0.15, 0.2) is 0 Å². The van der Waals surface area contributed by atoms with Gasteiger partial charge in [0.2, 0.25) is 0 Å². The average molecular weight is 626 g/mol. The van der Waals surface area contributed by atoms with Crippen LogP contribution in [0.3, 0.4) is 0 Å². The number of anilines is 1. The van der Waals surface area contributed by atoms with Crippen LogP contribution < -0.4 is 15.0 Å². The Balaban J connectivity index is 1.36. The van der Waals surface area contributed by atoms with E-state index in [1.165, 1.54) is 12.1 Å². The first-order chi connectivity index (χ1) is 22.9. The van der Waals surface area contributed by atoms with Gasteiger partial charge in [0.05, 0.1) is 5.56 Å². The number of halogens is 1. The van der Waals surface area contributed by atoms with E-state index in [1.807, 2.05) is 79.7 Å². The van der Waals surface area contributed by atoms with Crippen LogP contribution >= 0.6 is 0 Å². The molecule has 7 nitrogen and oxygen atoms in total. The van der Waals surface area contributed by atoms with Crippen molar-refractivity contribution in [2.45, 2.75) is 32.4 Å². The summed E-state index contributed by atoms with van der Waals surface area (Å²) in [7, 11) is 1.56. The number of aromatic nitrogens is 1. The number of hydrogen-bond acceptors (Lipinski definition) is 5. The van der Waals surface area contributed by atoms with E-state index in [9.17, 15) is 14.0 Å². The molecule has 2 heterocycles. The van der Waals surface area contributed by atoms with Crippen molar-refractivity contribution in [2.24, 2.45) is 0 Å². The highest BCUT2D eigenvalue weighted by atomic mass is 19.1. The molecule has 234 valence electrons. The maximum absolute atomic E-state index is 14.3. The van der Waals surface area contributed by atoms with Gasteiger partial charge in [0.25, 0.3) is 11.8 Å². The maximum Gasteiger partial charge on any atom is 0.259 e. The topological polar surface area (TPSA) is 84.7 Å². The molecule has 6 aromatic rings.